The van der Waals surface area contributed by atoms with E-state index in [-0.39, 0.29) is 34.7 Å². The Labute approximate surface area is 214 Å². The molecule has 0 amide bonds. The van der Waals surface area contributed by atoms with E-state index in [4.69, 9.17) is 9.47 Å². The van der Waals surface area contributed by atoms with Gasteiger partial charge in [-0.25, -0.2) is 13.9 Å². The monoisotopic (exact) mass is 530 g/mol. The zero-order valence-electron chi connectivity index (χ0n) is 20.3. The molecular formula is C27H22F4N2O5. The second-order valence-electron chi connectivity index (χ2n) is 8.44. The Morgan fingerprint density at radius 2 is 1.74 bits per heavy atom. The number of fused-ring (bicyclic) bond motifs is 1. The summed E-state index contributed by atoms with van der Waals surface area (Å²) in [7, 11) is 0. The van der Waals surface area contributed by atoms with E-state index in [2.05, 4.69) is 5.10 Å². The molecule has 1 N–H and O–H groups in total. The summed E-state index contributed by atoms with van der Waals surface area (Å²) in [5, 5.41) is 15.3. The van der Waals surface area contributed by atoms with Crippen molar-refractivity contribution in [3.63, 3.8) is 0 Å². The molecule has 0 radical (unpaired) electrons. The van der Waals surface area contributed by atoms with Crippen molar-refractivity contribution in [1.82, 2.24) is 9.78 Å². The summed E-state index contributed by atoms with van der Waals surface area (Å²) < 4.78 is 67.7. The van der Waals surface area contributed by atoms with Crippen molar-refractivity contribution in [1.29, 1.82) is 0 Å². The lowest BCUT2D eigenvalue weighted by Crippen LogP contribution is -2.47. The Balaban J connectivity index is 1.70. The number of alkyl halides is 3. The molecule has 4 rings (SSSR count). The number of carbonyl (C=O) groups excluding carboxylic acids is 2. The lowest BCUT2D eigenvalue weighted by atomic mass is 9.93. The standard InChI is InChI=1S/C27H22F4N2O5/c1-3-37-25(35)22-13-17(16(2)34)4-11-24(22)38-15-26(36,27(29,30)31)19-5-10-23-18(12-19)14-32-33(23)21-8-6-20(28)7-9-21/h4-14,36H,3,15H2,1-2H3. The van der Waals surface area contributed by atoms with E-state index in [0.717, 1.165) is 18.2 Å². The number of aliphatic hydroxyl groups is 1. The maximum atomic E-state index is 14.2. The van der Waals surface area contributed by atoms with Gasteiger partial charge in [0.1, 0.15) is 23.7 Å². The number of aromatic nitrogens is 2. The molecule has 0 fully saturated rings. The molecule has 1 aromatic heterocycles. The van der Waals surface area contributed by atoms with Gasteiger partial charge in [-0.2, -0.15) is 18.3 Å². The van der Waals surface area contributed by atoms with Crippen LogP contribution in [-0.2, 0) is 10.3 Å². The third-order valence-corrected chi connectivity index (χ3v) is 5.90. The molecule has 0 aliphatic heterocycles. The molecule has 1 atom stereocenters. The van der Waals surface area contributed by atoms with Crippen LogP contribution in [0.1, 0.15) is 40.1 Å². The van der Waals surface area contributed by atoms with Crippen LogP contribution in [0.15, 0.2) is 66.9 Å². The van der Waals surface area contributed by atoms with Crippen molar-refractivity contribution in [2.24, 2.45) is 0 Å². The number of benzene rings is 3. The summed E-state index contributed by atoms with van der Waals surface area (Å²) in [6.07, 6.45) is -3.85. The van der Waals surface area contributed by atoms with Crippen molar-refractivity contribution in [3.8, 4) is 11.4 Å². The fraction of sp³-hybridized carbons (Fsp3) is 0.222. The SMILES string of the molecule is CCOC(=O)c1cc(C(C)=O)ccc1OCC(O)(c1ccc2c(cnn2-c2ccc(F)cc2)c1)C(F)(F)F. The molecule has 0 aliphatic carbocycles. The van der Waals surface area contributed by atoms with E-state index in [1.807, 2.05) is 0 Å². The van der Waals surface area contributed by atoms with Crippen molar-refractivity contribution < 1.29 is 41.7 Å². The second kappa shape index (κ2) is 10.3. The third kappa shape index (κ3) is 5.10. The highest BCUT2D eigenvalue weighted by molar-refractivity contribution is 5.99. The molecule has 0 saturated carbocycles. The fourth-order valence-electron chi connectivity index (χ4n) is 3.83. The van der Waals surface area contributed by atoms with Gasteiger partial charge in [-0.3, -0.25) is 4.79 Å². The van der Waals surface area contributed by atoms with Gasteiger partial charge >= 0.3 is 12.1 Å². The summed E-state index contributed by atoms with van der Waals surface area (Å²) in [6, 6.07) is 12.6. The largest absolute Gasteiger partial charge is 0.489 e. The molecule has 198 valence electrons. The maximum Gasteiger partial charge on any atom is 0.424 e. The molecule has 38 heavy (non-hydrogen) atoms. The van der Waals surface area contributed by atoms with Crippen molar-refractivity contribution in [3.05, 3.63) is 89.4 Å². The summed E-state index contributed by atoms with van der Waals surface area (Å²) in [4.78, 5) is 24.1. The van der Waals surface area contributed by atoms with Gasteiger partial charge in [-0.05, 0) is 74.0 Å². The average Bonchev–Trinajstić information content (AvgIpc) is 3.30. The van der Waals surface area contributed by atoms with E-state index in [1.54, 1.807) is 6.92 Å². The maximum absolute atomic E-state index is 14.2. The average molecular weight is 530 g/mol. The minimum absolute atomic E-state index is 0.0132. The molecular weight excluding hydrogens is 508 g/mol. The molecule has 0 aliphatic rings. The molecule has 0 bridgehead atoms. The van der Waals surface area contributed by atoms with Gasteiger partial charge in [0.25, 0.3) is 0 Å². The van der Waals surface area contributed by atoms with Crippen LogP contribution >= 0.6 is 0 Å². The number of nitrogens with zero attached hydrogens (tertiary/aromatic N) is 2. The number of carbonyl (C=O) groups is 2. The van der Waals surface area contributed by atoms with Crippen LogP contribution in [0.25, 0.3) is 16.6 Å². The van der Waals surface area contributed by atoms with Gasteiger partial charge in [0.2, 0.25) is 5.60 Å². The van der Waals surface area contributed by atoms with Crippen molar-refractivity contribution in [2.45, 2.75) is 25.6 Å². The van der Waals surface area contributed by atoms with Crippen LogP contribution in [0, 0.1) is 5.82 Å². The van der Waals surface area contributed by atoms with Gasteiger partial charge in [0, 0.05) is 10.9 Å². The molecule has 11 heteroatoms. The Bertz CT molecular complexity index is 1500. The summed E-state index contributed by atoms with van der Waals surface area (Å²) >= 11 is 0. The Hall–Kier alpha value is -4.25. The lowest BCUT2D eigenvalue weighted by Gasteiger charge is -2.31. The van der Waals surface area contributed by atoms with Crippen LogP contribution < -0.4 is 4.74 Å². The van der Waals surface area contributed by atoms with Crippen molar-refractivity contribution >= 4 is 22.7 Å². The molecule has 0 spiro atoms. The number of hydrogen-bond acceptors (Lipinski definition) is 6. The summed E-state index contributed by atoms with van der Waals surface area (Å²) in [5.74, 6) is -2.01. The first-order chi connectivity index (χ1) is 17.9. The van der Waals surface area contributed by atoms with E-state index in [9.17, 15) is 32.3 Å². The highest BCUT2D eigenvalue weighted by Crippen LogP contribution is 2.41. The van der Waals surface area contributed by atoms with Crippen LogP contribution in [0.2, 0.25) is 0 Å². The highest BCUT2D eigenvalue weighted by Gasteiger charge is 2.56. The number of hydrogen-bond donors (Lipinski definition) is 1. The number of esters is 1. The number of rotatable bonds is 8. The molecule has 4 aromatic rings. The topological polar surface area (TPSA) is 90.7 Å². The molecule has 1 heterocycles. The first-order valence-electron chi connectivity index (χ1n) is 11.4. The zero-order chi connectivity index (χ0) is 27.7. The minimum atomic E-state index is -5.17. The van der Waals surface area contributed by atoms with Gasteiger partial charge < -0.3 is 14.6 Å². The van der Waals surface area contributed by atoms with Crippen LogP contribution in [0.3, 0.4) is 0 Å². The molecule has 0 saturated heterocycles. The Morgan fingerprint density at radius 3 is 2.37 bits per heavy atom. The smallest absolute Gasteiger partial charge is 0.424 e. The first-order valence-corrected chi connectivity index (χ1v) is 11.4. The van der Waals surface area contributed by atoms with Gasteiger partial charge in [-0.15, -0.1) is 0 Å². The van der Waals surface area contributed by atoms with E-state index >= 15 is 0 Å². The lowest BCUT2D eigenvalue weighted by molar-refractivity contribution is -0.275. The first kappa shape index (κ1) is 26.8. The zero-order valence-corrected chi connectivity index (χ0v) is 20.3. The van der Waals surface area contributed by atoms with E-state index < -0.39 is 35.7 Å². The highest BCUT2D eigenvalue weighted by atomic mass is 19.4. The van der Waals surface area contributed by atoms with Gasteiger partial charge in [-0.1, -0.05) is 6.07 Å². The number of Topliss-reactive ketones (excluding diaryl/α,β-unsaturated/α-hetero) is 1. The third-order valence-electron chi connectivity index (χ3n) is 5.90. The number of ketones is 1. The van der Waals surface area contributed by atoms with Crippen LogP contribution in [0.4, 0.5) is 17.6 Å². The van der Waals surface area contributed by atoms with E-state index in [1.165, 1.54) is 60.3 Å². The predicted molar refractivity (Wildman–Crippen MR) is 129 cm³/mol. The Kier molecular flexibility index (Phi) is 7.23. The number of halogens is 4. The quantitative estimate of drug-likeness (QED) is 0.187. The fourth-order valence-corrected chi connectivity index (χ4v) is 3.83. The molecule has 7 nitrogen and oxygen atoms in total. The van der Waals surface area contributed by atoms with E-state index in [0.29, 0.717) is 11.2 Å². The predicted octanol–water partition coefficient (Wildman–Crippen LogP) is 5.37. The van der Waals surface area contributed by atoms with Gasteiger partial charge in [0.05, 0.1) is 24.0 Å². The van der Waals surface area contributed by atoms with Crippen molar-refractivity contribution in [2.75, 3.05) is 13.2 Å². The van der Waals surface area contributed by atoms with Gasteiger partial charge in [0.15, 0.2) is 5.78 Å². The second-order valence-corrected chi connectivity index (χ2v) is 8.44. The van der Waals surface area contributed by atoms with Crippen LogP contribution in [0.5, 0.6) is 5.75 Å². The summed E-state index contributed by atoms with van der Waals surface area (Å²) in [5.41, 5.74) is -3.19. The van der Waals surface area contributed by atoms with Crippen LogP contribution in [-0.4, -0.2) is 46.0 Å². The number of ether oxygens (including phenoxy) is 2. The molecule has 3 aromatic carbocycles. The minimum Gasteiger partial charge on any atom is -0.489 e. The Morgan fingerprint density at radius 1 is 1.03 bits per heavy atom. The normalized spacial score (nSPS) is 13.2. The molecule has 1 unspecified atom stereocenters. The summed E-state index contributed by atoms with van der Waals surface area (Å²) in [6.45, 7) is 1.51.